The van der Waals surface area contributed by atoms with Gasteiger partial charge < -0.3 is 24.8 Å². The third-order valence-electron chi connectivity index (χ3n) is 5.59. The molecule has 0 atom stereocenters. The van der Waals surface area contributed by atoms with Crippen LogP contribution in [-0.4, -0.2) is 58.6 Å². The first-order valence-corrected chi connectivity index (χ1v) is 12.5. The molecule has 0 aromatic heterocycles. The second kappa shape index (κ2) is 10.3. The quantitative estimate of drug-likeness (QED) is 0.634. The summed E-state index contributed by atoms with van der Waals surface area (Å²) in [5.74, 6) is 1.41. The number of benzene rings is 2. The van der Waals surface area contributed by atoms with Crippen molar-refractivity contribution in [2.24, 2.45) is 0 Å². The summed E-state index contributed by atoms with van der Waals surface area (Å²) in [7, 11) is -2.10. The predicted octanol–water partition coefficient (Wildman–Crippen LogP) is 3.08. The van der Waals surface area contributed by atoms with Crippen LogP contribution < -0.4 is 24.8 Å². The highest BCUT2D eigenvalue weighted by molar-refractivity contribution is 7.89. The predicted molar refractivity (Wildman–Crippen MR) is 125 cm³/mol. The summed E-state index contributed by atoms with van der Waals surface area (Å²) in [6, 6.07) is 9.89. The van der Waals surface area contributed by atoms with Gasteiger partial charge in [0.2, 0.25) is 15.9 Å². The summed E-state index contributed by atoms with van der Waals surface area (Å²) in [6.45, 7) is 2.13. The summed E-state index contributed by atoms with van der Waals surface area (Å²) in [5.41, 5.74) is 1.02. The van der Waals surface area contributed by atoms with E-state index in [2.05, 4.69) is 10.6 Å². The van der Waals surface area contributed by atoms with Gasteiger partial charge in [-0.1, -0.05) is 6.42 Å². The van der Waals surface area contributed by atoms with Crippen molar-refractivity contribution in [1.29, 1.82) is 0 Å². The number of nitrogens with one attached hydrogen (secondary N) is 2. The van der Waals surface area contributed by atoms with Gasteiger partial charge in [0.25, 0.3) is 0 Å². The zero-order valence-electron chi connectivity index (χ0n) is 18.6. The summed E-state index contributed by atoms with van der Waals surface area (Å²) < 4.78 is 44.2. The number of sulfonamides is 1. The first-order valence-electron chi connectivity index (χ1n) is 11.1. The molecule has 2 N–H and O–H groups in total. The molecule has 0 spiro atoms. The Hall–Kier alpha value is -2.98. The maximum absolute atomic E-state index is 13.0. The molecule has 178 valence electrons. The molecule has 4 rings (SSSR count). The lowest BCUT2D eigenvalue weighted by atomic mass is 10.2. The Morgan fingerprint density at radius 2 is 1.76 bits per heavy atom. The minimum Gasteiger partial charge on any atom is -0.495 e. The van der Waals surface area contributed by atoms with Gasteiger partial charge in [-0.3, -0.25) is 4.79 Å². The summed E-state index contributed by atoms with van der Waals surface area (Å²) >= 11 is 0. The van der Waals surface area contributed by atoms with Crippen LogP contribution in [0.25, 0.3) is 0 Å². The molecule has 2 aliphatic heterocycles. The Morgan fingerprint density at radius 1 is 1.00 bits per heavy atom. The molecule has 0 bridgehead atoms. The number of nitrogens with zero attached hydrogens (tertiary/aromatic N) is 1. The standard InChI is InChI=1S/C23H29N3O6S/c1-30-20-9-7-18(33(28,29)26-10-3-2-4-11-26)15-19(20)24-16-23(27)25-17-6-8-21-22(14-17)32-13-5-12-31-21/h6-9,14-15,24H,2-5,10-13,16H2,1H3,(H,25,27). The number of fused-ring (bicyclic) bond motifs is 1. The molecule has 0 saturated carbocycles. The van der Waals surface area contributed by atoms with E-state index in [1.54, 1.807) is 24.3 Å². The average Bonchev–Trinajstić information content (AvgIpc) is 3.08. The van der Waals surface area contributed by atoms with Crippen molar-refractivity contribution >= 4 is 27.3 Å². The third kappa shape index (κ3) is 5.51. The van der Waals surface area contributed by atoms with Crippen LogP contribution in [0.3, 0.4) is 0 Å². The number of methoxy groups -OCH3 is 1. The normalized spacial score (nSPS) is 16.5. The first kappa shape index (κ1) is 23.2. The lowest BCUT2D eigenvalue weighted by Gasteiger charge is -2.26. The fourth-order valence-corrected chi connectivity index (χ4v) is 5.41. The van der Waals surface area contributed by atoms with Gasteiger partial charge in [-0.15, -0.1) is 0 Å². The fraction of sp³-hybridized carbons (Fsp3) is 0.435. The van der Waals surface area contributed by atoms with Crippen LogP contribution in [0.4, 0.5) is 11.4 Å². The molecule has 0 radical (unpaired) electrons. The van der Waals surface area contributed by atoms with Crippen molar-refractivity contribution < 1.29 is 27.4 Å². The van der Waals surface area contributed by atoms with E-state index >= 15 is 0 Å². The largest absolute Gasteiger partial charge is 0.495 e. The van der Waals surface area contributed by atoms with E-state index in [4.69, 9.17) is 14.2 Å². The van der Waals surface area contributed by atoms with Crippen molar-refractivity contribution in [2.75, 3.05) is 50.6 Å². The van der Waals surface area contributed by atoms with Gasteiger partial charge in [-0.05, 0) is 43.2 Å². The average molecular weight is 476 g/mol. The van der Waals surface area contributed by atoms with Gasteiger partial charge in [0.1, 0.15) is 5.75 Å². The fourth-order valence-electron chi connectivity index (χ4n) is 3.86. The number of piperidine rings is 1. The lowest BCUT2D eigenvalue weighted by molar-refractivity contribution is -0.114. The first-order chi connectivity index (χ1) is 16.0. The molecule has 10 heteroatoms. The van der Waals surface area contributed by atoms with Crippen LogP contribution >= 0.6 is 0 Å². The molecular weight excluding hydrogens is 446 g/mol. The second-order valence-corrected chi connectivity index (χ2v) is 9.88. The Bertz CT molecular complexity index is 1100. The van der Waals surface area contributed by atoms with Crippen molar-refractivity contribution in [3.63, 3.8) is 0 Å². The van der Waals surface area contributed by atoms with Gasteiger partial charge in [0.05, 0.1) is 37.5 Å². The van der Waals surface area contributed by atoms with Crippen molar-refractivity contribution in [2.45, 2.75) is 30.6 Å². The van der Waals surface area contributed by atoms with E-state index in [0.29, 0.717) is 54.9 Å². The number of carbonyl (C=O) groups is 1. The Labute approximate surface area is 194 Å². The van der Waals surface area contributed by atoms with Crippen LogP contribution in [0, 0.1) is 0 Å². The minimum absolute atomic E-state index is 0.0714. The van der Waals surface area contributed by atoms with E-state index < -0.39 is 10.0 Å². The van der Waals surface area contributed by atoms with Crippen LogP contribution in [0.5, 0.6) is 17.2 Å². The van der Waals surface area contributed by atoms with Crippen LogP contribution in [0.2, 0.25) is 0 Å². The van der Waals surface area contributed by atoms with Gasteiger partial charge in [-0.25, -0.2) is 8.42 Å². The summed E-state index contributed by atoms with van der Waals surface area (Å²) in [6.07, 6.45) is 3.57. The smallest absolute Gasteiger partial charge is 0.243 e. The topological polar surface area (TPSA) is 106 Å². The molecule has 1 amide bonds. The monoisotopic (exact) mass is 475 g/mol. The summed E-state index contributed by atoms with van der Waals surface area (Å²) in [4.78, 5) is 12.7. The number of ether oxygens (including phenoxy) is 3. The second-order valence-electron chi connectivity index (χ2n) is 7.94. The molecule has 1 fully saturated rings. The molecule has 9 nitrogen and oxygen atoms in total. The number of anilines is 2. The van der Waals surface area contributed by atoms with Crippen LogP contribution in [-0.2, 0) is 14.8 Å². The Kier molecular flexibility index (Phi) is 7.24. The van der Waals surface area contributed by atoms with Crippen molar-refractivity contribution in [3.8, 4) is 17.2 Å². The van der Waals surface area contributed by atoms with E-state index in [0.717, 1.165) is 25.7 Å². The van der Waals surface area contributed by atoms with Crippen molar-refractivity contribution in [1.82, 2.24) is 4.31 Å². The number of amides is 1. The highest BCUT2D eigenvalue weighted by atomic mass is 32.2. The minimum atomic E-state index is -3.60. The molecular formula is C23H29N3O6S. The third-order valence-corrected chi connectivity index (χ3v) is 7.49. The van der Waals surface area contributed by atoms with Gasteiger partial charge in [0, 0.05) is 31.3 Å². The highest BCUT2D eigenvalue weighted by Gasteiger charge is 2.26. The summed E-state index contributed by atoms with van der Waals surface area (Å²) in [5, 5.41) is 5.81. The molecule has 1 saturated heterocycles. The van der Waals surface area contributed by atoms with E-state index in [9.17, 15) is 13.2 Å². The zero-order chi connectivity index (χ0) is 23.3. The Morgan fingerprint density at radius 3 is 2.52 bits per heavy atom. The number of rotatable bonds is 7. The van der Waals surface area contributed by atoms with Crippen LogP contribution in [0.15, 0.2) is 41.3 Å². The molecule has 33 heavy (non-hydrogen) atoms. The Balaban J connectivity index is 1.43. The molecule has 2 aromatic carbocycles. The molecule has 2 aliphatic rings. The number of hydrogen-bond acceptors (Lipinski definition) is 7. The van der Waals surface area contributed by atoms with Gasteiger partial charge in [0.15, 0.2) is 11.5 Å². The van der Waals surface area contributed by atoms with Gasteiger partial charge in [-0.2, -0.15) is 4.31 Å². The van der Waals surface area contributed by atoms with Crippen molar-refractivity contribution in [3.05, 3.63) is 36.4 Å². The van der Waals surface area contributed by atoms with E-state index in [1.807, 2.05) is 0 Å². The lowest BCUT2D eigenvalue weighted by Crippen LogP contribution is -2.35. The van der Waals surface area contributed by atoms with Gasteiger partial charge >= 0.3 is 0 Å². The SMILES string of the molecule is COc1ccc(S(=O)(=O)N2CCCCC2)cc1NCC(=O)Nc1ccc2c(c1)OCCCO2. The van der Waals surface area contributed by atoms with E-state index in [-0.39, 0.29) is 17.3 Å². The van der Waals surface area contributed by atoms with E-state index in [1.165, 1.54) is 23.5 Å². The highest BCUT2D eigenvalue weighted by Crippen LogP contribution is 2.33. The maximum Gasteiger partial charge on any atom is 0.243 e. The molecule has 0 unspecified atom stereocenters. The maximum atomic E-state index is 13.0. The number of carbonyl (C=O) groups excluding carboxylic acids is 1. The molecule has 0 aliphatic carbocycles. The molecule has 2 heterocycles. The zero-order valence-corrected chi connectivity index (χ0v) is 19.4. The number of hydrogen-bond donors (Lipinski definition) is 2. The molecule has 2 aromatic rings. The van der Waals surface area contributed by atoms with Crippen LogP contribution in [0.1, 0.15) is 25.7 Å².